The fourth-order valence-corrected chi connectivity index (χ4v) is 5.17. The summed E-state index contributed by atoms with van der Waals surface area (Å²) in [5, 5.41) is 4.89. The fraction of sp³-hybridized carbons (Fsp3) is 0.407. The lowest BCUT2D eigenvalue weighted by molar-refractivity contribution is -0.137. The van der Waals surface area contributed by atoms with Crippen molar-refractivity contribution < 1.29 is 27.4 Å². The van der Waals surface area contributed by atoms with Gasteiger partial charge in [-0.3, -0.25) is 9.69 Å². The van der Waals surface area contributed by atoms with Gasteiger partial charge in [-0.1, -0.05) is 11.6 Å². The first-order chi connectivity index (χ1) is 17.9. The lowest BCUT2D eigenvalue weighted by atomic mass is 10.1. The molecule has 3 aromatic rings. The zero-order valence-electron chi connectivity index (χ0n) is 21.9. The molecule has 0 atom stereocenters. The standard InChI is InChI=1S/C27H31ClF3N3O3S/c1-16(2)34(17(3)4)10-11-37-24-13-19(7-9-23(24)36-5)32-25(35)14-20-15-38-26(33-20)21-8-6-18(12-22(21)28)27(29,30)31/h6-9,12-13,15-17H,10-11,14H2,1-5H3,(H,32,35). The highest BCUT2D eigenvalue weighted by Gasteiger charge is 2.31. The second-order valence-electron chi connectivity index (χ2n) is 9.20. The third kappa shape index (κ3) is 7.85. The summed E-state index contributed by atoms with van der Waals surface area (Å²) in [7, 11) is 1.55. The number of amides is 1. The predicted molar refractivity (Wildman–Crippen MR) is 145 cm³/mol. The molecule has 0 aliphatic heterocycles. The highest BCUT2D eigenvalue weighted by molar-refractivity contribution is 7.13. The van der Waals surface area contributed by atoms with E-state index in [-0.39, 0.29) is 17.4 Å². The summed E-state index contributed by atoms with van der Waals surface area (Å²) < 4.78 is 50.1. The second kappa shape index (κ2) is 12.8. The molecule has 2 aromatic carbocycles. The van der Waals surface area contributed by atoms with Gasteiger partial charge in [-0.05, 0) is 58.0 Å². The van der Waals surface area contributed by atoms with Crippen LogP contribution < -0.4 is 14.8 Å². The van der Waals surface area contributed by atoms with Crippen LogP contribution in [0.2, 0.25) is 5.02 Å². The van der Waals surface area contributed by atoms with Gasteiger partial charge >= 0.3 is 6.18 Å². The average molecular weight is 570 g/mol. The summed E-state index contributed by atoms with van der Waals surface area (Å²) in [6.07, 6.45) is -4.50. The summed E-state index contributed by atoms with van der Waals surface area (Å²) >= 11 is 7.28. The summed E-state index contributed by atoms with van der Waals surface area (Å²) in [4.78, 5) is 19.4. The minimum Gasteiger partial charge on any atom is -0.493 e. The van der Waals surface area contributed by atoms with Crippen molar-refractivity contribution in [1.82, 2.24) is 9.88 Å². The molecule has 1 aromatic heterocycles. The number of aromatic nitrogens is 1. The van der Waals surface area contributed by atoms with E-state index in [1.807, 2.05) is 0 Å². The molecular formula is C27H31ClF3N3O3S. The van der Waals surface area contributed by atoms with E-state index >= 15 is 0 Å². The number of rotatable bonds is 11. The van der Waals surface area contributed by atoms with E-state index in [1.165, 1.54) is 17.4 Å². The van der Waals surface area contributed by atoms with Crippen LogP contribution in [0.15, 0.2) is 41.8 Å². The van der Waals surface area contributed by atoms with E-state index in [4.69, 9.17) is 21.1 Å². The summed E-state index contributed by atoms with van der Waals surface area (Å²) in [6.45, 7) is 9.75. The number of ether oxygens (including phenoxy) is 2. The van der Waals surface area contributed by atoms with Gasteiger partial charge in [0, 0.05) is 41.3 Å². The molecule has 6 nitrogen and oxygen atoms in total. The maximum absolute atomic E-state index is 12.9. The van der Waals surface area contributed by atoms with Gasteiger partial charge < -0.3 is 14.8 Å². The molecule has 11 heteroatoms. The molecule has 0 saturated heterocycles. The molecule has 0 bridgehead atoms. The molecular weight excluding hydrogens is 539 g/mol. The molecule has 38 heavy (non-hydrogen) atoms. The van der Waals surface area contributed by atoms with Crippen molar-refractivity contribution in [2.75, 3.05) is 25.6 Å². The Labute approximate surface area is 229 Å². The van der Waals surface area contributed by atoms with Gasteiger partial charge in [0.2, 0.25) is 5.91 Å². The maximum Gasteiger partial charge on any atom is 0.416 e. The number of nitrogens with one attached hydrogen (secondary N) is 1. The first kappa shape index (κ1) is 29.7. The topological polar surface area (TPSA) is 63.7 Å². The van der Waals surface area contributed by atoms with E-state index in [0.717, 1.165) is 18.7 Å². The normalized spacial score (nSPS) is 11.9. The molecule has 0 aliphatic rings. The van der Waals surface area contributed by atoms with Gasteiger partial charge in [0.05, 0.1) is 29.8 Å². The van der Waals surface area contributed by atoms with Crippen molar-refractivity contribution in [3.8, 4) is 22.1 Å². The van der Waals surface area contributed by atoms with Gasteiger partial charge in [0.25, 0.3) is 0 Å². The van der Waals surface area contributed by atoms with Crippen molar-refractivity contribution in [2.24, 2.45) is 0 Å². The van der Waals surface area contributed by atoms with Crippen LogP contribution in [0.3, 0.4) is 0 Å². The van der Waals surface area contributed by atoms with Crippen LogP contribution in [0.25, 0.3) is 10.6 Å². The fourth-order valence-electron chi connectivity index (χ4n) is 3.99. The van der Waals surface area contributed by atoms with Crippen LogP contribution in [0.5, 0.6) is 11.5 Å². The van der Waals surface area contributed by atoms with Gasteiger partial charge in [0.15, 0.2) is 11.5 Å². The Bertz CT molecular complexity index is 1240. The summed E-state index contributed by atoms with van der Waals surface area (Å²) in [5.41, 5.74) is 0.562. The highest BCUT2D eigenvalue weighted by atomic mass is 35.5. The smallest absolute Gasteiger partial charge is 0.416 e. The number of benzene rings is 2. The van der Waals surface area contributed by atoms with Crippen molar-refractivity contribution in [3.05, 3.63) is 58.1 Å². The van der Waals surface area contributed by atoms with Crippen LogP contribution in [-0.4, -0.2) is 48.1 Å². The SMILES string of the molecule is COc1ccc(NC(=O)Cc2csc(-c3ccc(C(F)(F)F)cc3Cl)n2)cc1OCCN(C(C)C)C(C)C. The number of anilines is 1. The zero-order valence-corrected chi connectivity index (χ0v) is 23.4. The molecule has 0 spiro atoms. The van der Waals surface area contributed by atoms with Crippen LogP contribution >= 0.6 is 22.9 Å². The lowest BCUT2D eigenvalue weighted by Crippen LogP contribution is -2.39. The first-order valence-corrected chi connectivity index (χ1v) is 13.3. The van der Waals surface area contributed by atoms with Gasteiger partial charge in [0.1, 0.15) is 11.6 Å². The number of carbonyl (C=O) groups is 1. The van der Waals surface area contributed by atoms with Crippen molar-refractivity contribution in [1.29, 1.82) is 0 Å². The van der Waals surface area contributed by atoms with Gasteiger partial charge in [-0.15, -0.1) is 11.3 Å². The minimum absolute atomic E-state index is 0.0191. The Balaban J connectivity index is 1.64. The Hall–Kier alpha value is -2.82. The second-order valence-corrected chi connectivity index (χ2v) is 10.5. The number of nitrogens with zero attached hydrogens (tertiary/aromatic N) is 2. The molecule has 0 aliphatic carbocycles. The summed E-state index contributed by atoms with van der Waals surface area (Å²) in [5.74, 6) is 0.772. The molecule has 0 unspecified atom stereocenters. The molecule has 0 saturated carbocycles. The molecule has 3 rings (SSSR count). The van der Waals surface area contributed by atoms with E-state index < -0.39 is 11.7 Å². The largest absolute Gasteiger partial charge is 0.493 e. The Morgan fingerprint density at radius 3 is 2.42 bits per heavy atom. The Morgan fingerprint density at radius 2 is 1.82 bits per heavy atom. The third-order valence-electron chi connectivity index (χ3n) is 5.80. The molecule has 1 amide bonds. The zero-order chi connectivity index (χ0) is 28.0. The average Bonchev–Trinajstić information content (AvgIpc) is 3.28. The first-order valence-electron chi connectivity index (χ1n) is 12.1. The van der Waals surface area contributed by atoms with E-state index in [2.05, 4.69) is 42.9 Å². The number of hydrogen-bond acceptors (Lipinski definition) is 6. The van der Waals surface area contributed by atoms with Crippen molar-refractivity contribution >= 4 is 34.5 Å². The predicted octanol–water partition coefficient (Wildman–Crippen LogP) is 7.17. The molecule has 0 fully saturated rings. The molecule has 0 radical (unpaired) electrons. The van der Waals surface area contributed by atoms with Crippen LogP contribution in [0.1, 0.15) is 39.0 Å². The number of hydrogen-bond donors (Lipinski definition) is 1. The number of alkyl halides is 3. The van der Waals surface area contributed by atoms with E-state index in [1.54, 1.807) is 30.7 Å². The van der Waals surface area contributed by atoms with E-state index in [0.29, 0.717) is 52.1 Å². The van der Waals surface area contributed by atoms with Gasteiger partial charge in [-0.25, -0.2) is 4.98 Å². The van der Waals surface area contributed by atoms with Crippen molar-refractivity contribution in [2.45, 2.75) is 52.4 Å². The Kier molecular flexibility index (Phi) is 10.0. The Morgan fingerprint density at radius 1 is 1.11 bits per heavy atom. The minimum atomic E-state index is -4.48. The number of methoxy groups -OCH3 is 1. The van der Waals surface area contributed by atoms with Crippen molar-refractivity contribution in [3.63, 3.8) is 0 Å². The number of carbonyl (C=O) groups excluding carboxylic acids is 1. The maximum atomic E-state index is 12.9. The number of halogens is 4. The molecule has 206 valence electrons. The quantitative estimate of drug-likeness (QED) is 0.265. The molecule has 1 heterocycles. The lowest BCUT2D eigenvalue weighted by Gasteiger charge is -2.30. The van der Waals surface area contributed by atoms with E-state index in [9.17, 15) is 18.0 Å². The summed E-state index contributed by atoms with van der Waals surface area (Å²) in [6, 6.07) is 9.03. The van der Waals surface area contributed by atoms with Crippen LogP contribution in [0.4, 0.5) is 18.9 Å². The molecule has 1 N–H and O–H groups in total. The highest BCUT2D eigenvalue weighted by Crippen LogP contribution is 2.36. The van der Waals surface area contributed by atoms with Crippen LogP contribution in [-0.2, 0) is 17.4 Å². The van der Waals surface area contributed by atoms with Gasteiger partial charge in [-0.2, -0.15) is 13.2 Å². The monoisotopic (exact) mass is 569 g/mol. The third-order valence-corrected chi connectivity index (χ3v) is 7.04. The number of thiazole rings is 1. The van der Waals surface area contributed by atoms with Crippen LogP contribution in [0, 0.1) is 0 Å².